The van der Waals surface area contributed by atoms with E-state index in [-0.39, 0.29) is 6.54 Å². The van der Waals surface area contributed by atoms with Gasteiger partial charge in [-0.2, -0.15) is 0 Å². The summed E-state index contributed by atoms with van der Waals surface area (Å²) in [7, 11) is 3.60. The highest BCUT2D eigenvalue weighted by Gasteiger charge is 1.92. The van der Waals surface area contributed by atoms with Gasteiger partial charge in [-0.15, -0.1) is 23.2 Å². The molecule has 4 nitrogen and oxygen atoms in total. The van der Waals surface area contributed by atoms with Crippen LogP contribution in [0.4, 0.5) is 0 Å². The second kappa shape index (κ2) is 13.0. The number of carboxylic acid groups (broad SMARTS) is 1. The van der Waals surface area contributed by atoms with Crippen LogP contribution in [-0.2, 0) is 4.79 Å². The molecule has 0 aliphatic rings. The largest absolute Gasteiger partial charge is 0.480 e. The summed E-state index contributed by atoms with van der Waals surface area (Å²) in [4.78, 5) is 11.6. The van der Waals surface area contributed by atoms with Crippen LogP contribution in [0.1, 0.15) is 0 Å². The third-order valence-corrected chi connectivity index (χ3v) is 1.60. The summed E-state index contributed by atoms with van der Waals surface area (Å²) >= 11 is 10.9. The van der Waals surface area contributed by atoms with E-state index in [2.05, 4.69) is 10.2 Å². The second-order valence-electron chi connectivity index (χ2n) is 2.61. The predicted octanol–water partition coefficient (Wildman–Crippen LogP) is 0.686. The first-order chi connectivity index (χ1) is 6.58. The molecule has 0 spiro atoms. The van der Waals surface area contributed by atoms with Gasteiger partial charge in [-0.25, -0.2) is 0 Å². The van der Waals surface area contributed by atoms with Gasteiger partial charge < -0.3 is 15.3 Å². The number of carbonyl (C=O) groups is 1. The van der Waals surface area contributed by atoms with E-state index in [1.807, 2.05) is 7.05 Å². The summed E-state index contributed by atoms with van der Waals surface area (Å²) in [5.74, 6) is 0.554. The molecular formula is C8H18Cl2N2O2. The van der Waals surface area contributed by atoms with Crippen molar-refractivity contribution < 1.29 is 9.90 Å². The lowest BCUT2D eigenvalue weighted by atomic mass is 10.6. The Morgan fingerprint density at radius 1 is 1.36 bits per heavy atom. The van der Waals surface area contributed by atoms with Crippen molar-refractivity contribution in [3.8, 4) is 0 Å². The van der Waals surface area contributed by atoms with Crippen LogP contribution in [0.15, 0.2) is 0 Å². The lowest BCUT2D eigenvalue weighted by Crippen LogP contribution is -2.22. The summed E-state index contributed by atoms with van der Waals surface area (Å²) in [6.45, 7) is 1.89. The highest BCUT2D eigenvalue weighted by atomic mass is 35.5. The van der Waals surface area contributed by atoms with Gasteiger partial charge in [-0.05, 0) is 14.1 Å². The predicted molar refractivity (Wildman–Crippen MR) is 60.5 cm³/mol. The zero-order valence-electron chi connectivity index (χ0n) is 8.59. The van der Waals surface area contributed by atoms with Crippen LogP contribution in [0.3, 0.4) is 0 Å². The number of hydrogen-bond donors (Lipinski definition) is 2. The van der Waals surface area contributed by atoms with E-state index >= 15 is 0 Å². The van der Waals surface area contributed by atoms with Gasteiger partial charge in [0.15, 0.2) is 0 Å². The van der Waals surface area contributed by atoms with Gasteiger partial charge in [0.1, 0.15) is 0 Å². The van der Waals surface area contributed by atoms with Crippen molar-refractivity contribution in [2.75, 3.05) is 45.5 Å². The van der Waals surface area contributed by atoms with Crippen LogP contribution in [0.25, 0.3) is 0 Å². The monoisotopic (exact) mass is 244 g/mol. The van der Waals surface area contributed by atoms with Crippen molar-refractivity contribution in [2.24, 2.45) is 0 Å². The maximum absolute atomic E-state index is 9.54. The Bertz CT molecular complexity index is 131. The first-order valence-electron chi connectivity index (χ1n) is 4.25. The molecule has 2 N–H and O–H groups in total. The Hall–Kier alpha value is -0.0300. The minimum Gasteiger partial charge on any atom is -0.480 e. The summed E-state index contributed by atoms with van der Waals surface area (Å²) in [5, 5.41) is 10.3. The summed E-state index contributed by atoms with van der Waals surface area (Å²) in [5.41, 5.74) is 0. The lowest BCUT2D eigenvalue weighted by Gasteiger charge is -2.11. The number of alkyl halides is 2. The Balaban J connectivity index is 0. The molecule has 0 aliphatic carbocycles. The molecule has 0 saturated carbocycles. The highest BCUT2D eigenvalue weighted by Crippen LogP contribution is 1.85. The number of nitrogens with zero attached hydrogens (tertiary/aromatic N) is 1. The topological polar surface area (TPSA) is 52.6 Å². The van der Waals surface area contributed by atoms with E-state index in [4.69, 9.17) is 28.3 Å². The van der Waals surface area contributed by atoms with Crippen LogP contribution in [0.2, 0.25) is 0 Å². The number of aliphatic carboxylic acids is 1. The molecule has 14 heavy (non-hydrogen) atoms. The number of nitrogens with one attached hydrogen (secondary N) is 1. The molecule has 0 fully saturated rings. The average molecular weight is 245 g/mol. The van der Waals surface area contributed by atoms with Crippen molar-refractivity contribution in [1.29, 1.82) is 0 Å². The molecule has 0 aromatic rings. The minimum atomic E-state index is -0.822. The maximum Gasteiger partial charge on any atom is 0.317 e. The minimum absolute atomic E-state index is 0.0417. The summed E-state index contributed by atoms with van der Waals surface area (Å²) in [6, 6.07) is 0. The fourth-order valence-corrected chi connectivity index (χ4v) is 1.13. The van der Waals surface area contributed by atoms with Crippen LogP contribution >= 0.6 is 23.2 Å². The van der Waals surface area contributed by atoms with Crippen molar-refractivity contribution in [3.63, 3.8) is 0 Å². The molecule has 0 unspecified atom stereocenters. The van der Waals surface area contributed by atoms with Gasteiger partial charge in [0, 0.05) is 24.8 Å². The van der Waals surface area contributed by atoms with Gasteiger partial charge in [-0.3, -0.25) is 4.79 Å². The van der Waals surface area contributed by atoms with Crippen molar-refractivity contribution >= 4 is 29.2 Å². The molecule has 0 heterocycles. The molecule has 0 aromatic carbocycles. The van der Waals surface area contributed by atoms with Crippen molar-refractivity contribution in [2.45, 2.75) is 0 Å². The quantitative estimate of drug-likeness (QED) is 0.676. The smallest absolute Gasteiger partial charge is 0.317 e. The molecule has 0 saturated heterocycles. The first kappa shape index (κ1) is 16.4. The Labute approximate surface area is 95.2 Å². The van der Waals surface area contributed by atoms with E-state index in [9.17, 15) is 4.79 Å². The highest BCUT2D eigenvalue weighted by molar-refractivity contribution is 6.18. The molecule has 0 bridgehead atoms. The van der Waals surface area contributed by atoms with Crippen molar-refractivity contribution in [3.05, 3.63) is 0 Å². The third-order valence-electron chi connectivity index (χ3n) is 1.26. The first-order valence-corrected chi connectivity index (χ1v) is 5.32. The fourth-order valence-electron chi connectivity index (χ4n) is 0.552. The van der Waals surface area contributed by atoms with Crippen LogP contribution in [0.5, 0.6) is 0 Å². The molecule has 0 rings (SSSR count). The van der Waals surface area contributed by atoms with Crippen LogP contribution in [0, 0.1) is 0 Å². The SMILES string of the molecule is CN(CCCl)CCCl.CNCC(=O)O. The number of rotatable bonds is 6. The molecular weight excluding hydrogens is 227 g/mol. The number of hydrogen-bond acceptors (Lipinski definition) is 3. The van der Waals surface area contributed by atoms with Gasteiger partial charge in [0.2, 0.25) is 0 Å². The third kappa shape index (κ3) is 17.9. The van der Waals surface area contributed by atoms with Gasteiger partial charge in [-0.1, -0.05) is 0 Å². The number of likely N-dealkylation sites (N-methyl/N-ethyl adjacent to an activating group) is 1. The molecule has 0 aliphatic heterocycles. The van der Waals surface area contributed by atoms with Crippen LogP contribution in [-0.4, -0.2) is 61.5 Å². The maximum atomic E-state index is 9.54. The van der Waals surface area contributed by atoms with E-state index in [0.717, 1.165) is 13.1 Å². The zero-order chi connectivity index (χ0) is 11.4. The number of carboxylic acids is 1. The standard InChI is InChI=1S/C5H11Cl2N.C3H7NO2/c1-8(4-2-6)5-3-7;1-4-2-3(5)6/h2-5H2,1H3;4H,2H2,1H3,(H,5,6). The van der Waals surface area contributed by atoms with Gasteiger partial charge in [0.25, 0.3) is 0 Å². The van der Waals surface area contributed by atoms with E-state index in [0.29, 0.717) is 11.8 Å². The molecule has 0 radical (unpaired) electrons. The average Bonchev–Trinajstić information content (AvgIpc) is 2.05. The summed E-state index contributed by atoms with van der Waals surface area (Å²) in [6.07, 6.45) is 0. The molecule has 6 heteroatoms. The van der Waals surface area contributed by atoms with Gasteiger partial charge in [0.05, 0.1) is 6.54 Å². The zero-order valence-corrected chi connectivity index (χ0v) is 10.1. The second-order valence-corrected chi connectivity index (χ2v) is 3.36. The molecule has 0 aromatic heterocycles. The molecule has 0 amide bonds. The van der Waals surface area contributed by atoms with E-state index in [1.54, 1.807) is 7.05 Å². The van der Waals surface area contributed by atoms with Crippen molar-refractivity contribution in [1.82, 2.24) is 10.2 Å². The van der Waals surface area contributed by atoms with E-state index in [1.165, 1.54) is 0 Å². The molecule has 0 atom stereocenters. The molecule has 86 valence electrons. The Kier molecular flexibility index (Phi) is 15.2. The van der Waals surface area contributed by atoms with Crippen LogP contribution < -0.4 is 5.32 Å². The fraction of sp³-hybridized carbons (Fsp3) is 0.875. The van der Waals surface area contributed by atoms with E-state index < -0.39 is 5.97 Å². The Morgan fingerprint density at radius 2 is 1.79 bits per heavy atom. The van der Waals surface area contributed by atoms with Gasteiger partial charge >= 0.3 is 5.97 Å². The normalized spacial score (nSPS) is 9.50. The lowest BCUT2D eigenvalue weighted by molar-refractivity contribution is -0.135. The number of halogens is 2. The Morgan fingerprint density at radius 3 is 1.93 bits per heavy atom. The summed E-state index contributed by atoms with van der Waals surface area (Å²) < 4.78 is 0.